The number of carbonyl (C=O) groups excluding carboxylic acids is 1. The highest BCUT2D eigenvalue weighted by molar-refractivity contribution is 5.67. The Kier molecular flexibility index (Phi) is 5.60. The number of hydrogen-bond donors (Lipinski definition) is 2. The lowest BCUT2D eigenvalue weighted by Gasteiger charge is -2.29. The van der Waals surface area contributed by atoms with Gasteiger partial charge in [-0.3, -0.25) is 0 Å². The summed E-state index contributed by atoms with van der Waals surface area (Å²) in [5.41, 5.74) is 0. The molecular formula is C12H24N2O2. The standard InChI is InChI=1S/C12H24N2O2/c1-4-13-10-5-7-11(8-6-10)14-12(15)16-9(2)3/h9-11,13H,4-8H2,1-3H3,(H,14,15). The second-order valence-electron chi connectivity index (χ2n) is 4.70. The number of rotatable bonds is 4. The molecule has 0 unspecified atom stereocenters. The lowest BCUT2D eigenvalue weighted by atomic mass is 9.91. The molecule has 1 saturated carbocycles. The lowest BCUT2D eigenvalue weighted by molar-refractivity contribution is 0.109. The zero-order valence-corrected chi connectivity index (χ0v) is 10.6. The first-order valence-corrected chi connectivity index (χ1v) is 6.32. The van der Waals surface area contributed by atoms with E-state index < -0.39 is 0 Å². The van der Waals surface area contributed by atoms with Gasteiger partial charge in [0.2, 0.25) is 0 Å². The van der Waals surface area contributed by atoms with Crippen LogP contribution in [-0.4, -0.2) is 30.8 Å². The molecule has 16 heavy (non-hydrogen) atoms. The predicted molar refractivity (Wildman–Crippen MR) is 64.5 cm³/mol. The average Bonchev–Trinajstić information content (AvgIpc) is 2.20. The summed E-state index contributed by atoms with van der Waals surface area (Å²) in [5, 5.41) is 6.37. The maximum absolute atomic E-state index is 11.4. The van der Waals surface area contributed by atoms with Crippen LogP contribution in [0.3, 0.4) is 0 Å². The molecule has 0 radical (unpaired) electrons. The molecule has 0 aliphatic heterocycles. The zero-order chi connectivity index (χ0) is 12.0. The van der Waals surface area contributed by atoms with Gasteiger partial charge >= 0.3 is 6.09 Å². The van der Waals surface area contributed by atoms with E-state index in [2.05, 4.69) is 17.6 Å². The van der Waals surface area contributed by atoms with Crippen molar-refractivity contribution in [3.63, 3.8) is 0 Å². The molecule has 0 aromatic rings. The van der Waals surface area contributed by atoms with Crippen LogP contribution in [0.4, 0.5) is 4.79 Å². The Morgan fingerprint density at radius 1 is 1.25 bits per heavy atom. The van der Waals surface area contributed by atoms with Crippen LogP contribution < -0.4 is 10.6 Å². The van der Waals surface area contributed by atoms with E-state index in [1.165, 1.54) is 0 Å². The summed E-state index contributed by atoms with van der Waals surface area (Å²) in [6, 6.07) is 0.922. The molecule has 1 amide bonds. The minimum atomic E-state index is -0.276. The van der Waals surface area contributed by atoms with Crippen LogP contribution in [0.25, 0.3) is 0 Å². The van der Waals surface area contributed by atoms with E-state index >= 15 is 0 Å². The molecule has 1 fully saturated rings. The van der Waals surface area contributed by atoms with Gasteiger partial charge in [-0.05, 0) is 46.1 Å². The van der Waals surface area contributed by atoms with Crippen molar-refractivity contribution in [2.45, 2.75) is 64.6 Å². The highest BCUT2D eigenvalue weighted by atomic mass is 16.6. The van der Waals surface area contributed by atoms with Crippen molar-refractivity contribution in [2.24, 2.45) is 0 Å². The van der Waals surface area contributed by atoms with Crippen LogP contribution >= 0.6 is 0 Å². The summed E-state index contributed by atoms with van der Waals surface area (Å²) in [7, 11) is 0. The molecule has 0 heterocycles. The van der Waals surface area contributed by atoms with Crippen molar-refractivity contribution in [3.05, 3.63) is 0 Å². The summed E-state index contributed by atoms with van der Waals surface area (Å²) < 4.78 is 5.06. The predicted octanol–water partition coefficient (Wildman–Crippen LogP) is 2.04. The number of alkyl carbamates (subject to hydrolysis) is 1. The summed E-state index contributed by atoms with van der Waals surface area (Å²) in [4.78, 5) is 11.4. The van der Waals surface area contributed by atoms with Crippen LogP contribution in [0.5, 0.6) is 0 Å². The summed E-state index contributed by atoms with van der Waals surface area (Å²) in [6.45, 7) is 6.88. The zero-order valence-electron chi connectivity index (χ0n) is 10.6. The highest BCUT2D eigenvalue weighted by Crippen LogP contribution is 2.18. The van der Waals surface area contributed by atoms with E-state index in [0.29, 0.717) is 12.1 Å². The second-order valence-corrected chi connectivity index (χ2v) is 4.70. The fourth-order valence-electron chi connectivity index (χ4n) is 2.15. The summed E-state index contributed by atoms with van der Waals surface area (Å²) in [5.74, 6) is 0. The minimum Gasteiger partial charge on any atom is -0.447 e. The summed E-state index contributed by atoms with van der Waals surface area (Å²) >= 11 is 0. The van der Waals surface area contributed by atoms with Gasteiger partial charge in [0.25, 0.3) is 0 Å². The normalized spacial score (nSPS) is 25.5. The molecule has 4 heteroatoms. The lowest BCUT2D eigenvalue weighted by Crippen LogP contribution is -2.42. The molecule has 1 aliphatic rings. The maximum Gasteiger partial charge on any atom is 0.407 e. The first-order chi connectivity index (χ1) is 7.61. The van der Waals surface area contributed by atoms with Crippen LogP contribution in [0.1, 0.15) is 46.5 Å². The minimum absolute atomic E-state index is 0.0434. The van der Waals surface area contributed by atoms with Crippen LogP contribution in [-0.2, 0) is 4.74 Å². The van der Waals surface area contributed by atoms with E-state index in [9.17, 15) is 4.79 Å². The Morgan fingerprint density at radius 2 is 1.81 bits per heavy atom. The third-order valence-corrected chi connectivity index (χ3v) is 2.88. The molecule has 0 aromatic heterocycles. The SMILES string of the molecule is CCNC1CCC(NC(=O)OC(C)C)CC1. The number of carbonyl (C=O) groups is 1. The number of nitrogens with one attached hydrogen (secondary N) is 2. The van der Waals surface area contributed by atoms with Gasteiger partial charge < -0.3 is 15.4 Å². The fraction of sp³-hybridized carbons (Fsp3) is 0.917. The number of ether oxygens (including phenoxy) is 1. The molecule has 1 aliphatic carbocycles. The smallest absolute Gasteiger partial charge is 0.407 e. The Hall–Kier alpha value is -0.770. The molecule has 4 nitrogen and oxygen atoms in total. The first-order valence-electron chi connectivity index (χ1n) is 6.32. The van der Waals surface area contributed by atoms with Gasteiger partial charge in [0.15, 0.2) is 0 Å². The van der Waals surface area contributed by atoms with Crippen LogP contribution in [0.15, 0.2) is 0 Å². The van der Waals surface area contributed by atoms with Gasteiger partial charge in [-0.25, -0.2) is 4.79 Å². The molecule has 0 spiro atoms. The first kappa shape index (κ1) is 13.3. The molecule has 94 valence electrons. The average molecular weight is 228 g/mol. The van der Waals surface area contributed by atoms with E-state index in [1.54, 1.807) is 0 Å². The largest absolute Gasteiger partial charge is 0.447 e. The maximum atomic E-state index is 11.4. The van der Waals surface area contributed by atoms with Crippen molar-refractivity contribution < 1.29 is 9.53 Å². The highest BCUT2D eigenvalue weighted by Gasteiger charge is 2.22. The summed E-state index contributed by atoms with van der Waals surface area (Å²) in [6.07, 6.45) is 4.05. The Bertz CT molecular complexity index is 211. The third-order valence-electron chi connectivity index (χ3n) is 2.88. The molecule has 0 bridgehead atoms. The van der Waals surface area contributed by atoms with E-state index in [1.807, 2.05) is 13.8 Å². The van der Waals surface area contributed by atoms with Crippen molar-refractivity contribution in [1.82, 2.24) is 10.6 Å². The van der Waals surface area contributed by atoms with Gasteiger partial charge in [-0.15, -0.1) is 0 Å². The Labute approximate surface area is 98.1 Å². The van der Waals surface area contributed by atoms with Crippen molar-refractivity contribution in [3.8, 4) is 0 Å². The number of hydrogen-bond acceptors (Lipinski definition) is 3. The van der Waals surface area contributed by atoms with E-state index in [0.717, 1.165) is 32.2 Å². The van der Waals surface area contributed by atoms with Gasteiger partial charge in [0, 0.05) is 12.1 Å². The Morgan fingerprint density at radius 3 is 2.31 bits per heavy atom. The molecule has 0 saturated heterocycles. The fourth-order valence-corrected chi connectivity index (χ4v) is 2.15. The molecule has 0 atom stereocenters. The van der Waals surface area contributed by atoms with E-state index in [4.69, 9.17) is 4.74 Å². The van der Waals surface area contributed by atoms with Crippen molar-refractivity contribution in [2.75, 3.05) is 6.54 Å². The van der Waals surface area contributed by atoms with E-state index in [-0.39, 0.29) is 12.2 Å². The number of amides is 1. The van der Waals surface area contributed by atoms with Gasteiger partial charge in [0.1, 0.15) is 0 Å². The Balaban J connectivity index is 2.19. The third kappa shape index (κ3) is 4.84. The van der Waals surface area contributed by atoms with Gasteiger partial charge in [-0.2, -0.15) is 0 Å². The molecule has 0 aromatic carbocycles. The molecular weight excluding hydrogens is 204 g/mol. The quantitative estimate of drug-likeness (QED) is 0.774. The molecule has 1 rings (SSSR count). The van der Waals surface area contributed by atoms with Gasteiger partial charge in [0.05, 0.1) is 6.10 Å². The van der Waals surface area contributed by atoms with Crippen molar-refractivity contribution in [1.29, 1.82) is 0 Å². The second kappa shape index (κ2) is 6.74. The van der Waals surface area contributed by atoms with Crippen molar-refractivity contribution >= 4 is 6.09 Å². The molecule has 2 N–H and O–H groups in total. The topological polar surface area (TPSA) is 50.4 Å². The van der Waals surface area contributed by atoms with Crippen LogP contribution in [0.2, 0.25) is 0 Å². The monoisotopic (exact) mass is 228 g/mol. The van der Waals surface area contributed by atoms with Crippen LogP contribution in [0, 0.1) is 0 Å². The van der Waals surface area contributed by atoms with Gasteiger partial charge in [-0.1, -0.05) is 6.92 Å².